The van der Waals surface area contributed by atoms with Gasteiger partial charge < -0.3 is 5.32 Å². The number of urea groups is 1. The van der Waals surface area contributed by atoms with E-state index in [0.717, 1.165) is 62.6 Å². The second kappa shape index (κ2) is 9.07. The highest BCUT2D eigenvalue weighted by molar-refractivity contribution is 6.30. The van der Waals surface area contributed by atoms with Crippen molar-refractivity contribution in [3.05, 3.63) is 64.2 Å². The molecule has 32 heavy (non-hydrogen) atoms. The van der Waals surface area contributed by atoms with Crippen LogP contribution in [0.4, 0.5) is 10.5 Å². The van der Waals surface area contributed by atoms with Crippen LogP contribution in [0.25, 0.3) is 0 Å². The Kier molecular flexibility index (Phi) is 6.18. The Balaban J connectivity index is 1.31. The zero-order valence-electron chi connectivity index (χ0n) is 19.1. The molecule has 1 saturated heterocycles. The number of piperidine rings is 1. The number of halogens is 1. The number of likely N-dealkylation sites (tertiary alicyclic amines) is 1. The fourth-order valence-electron chi connectivity index (χ4n) is 5.92. The first-order valence-electron chi connectivity index (χ1n) is 12.2. The second-order valence-corrected chi connectivity index (χ2v) is 10.5. The number of benzene rings is 2. The van der Waals surface area contributed by atoms with Gasteiger partial charge in [-0.2, -0.15) is 0 Å². The van der Waals surface area contributed by atoms with Crippen molar-refractivity contribution in [2.24, 2.45) is 0 Å². The minimum atomic E-state index is 0.0656. The molecule has 2 amide bonds. The lowest BCUT2D eigenvalue weighted by atomic mass is 9.74. The third-order valence-electron chi connectivity index (χ3n) is 7.76. The SMILES string of the molecule is Cc1ccc2c(c1)C1(CCN(Cc3cccc(Cl)c3)CC1)CN2C(=O)NC1CCCCC1. The summed E-state index contributed by atoms with van der Waals surface area (Å²) in [6, 6.07) is 15.3. The predicted molar refractivity (Wildman–Crippen MR) is 132 cm³/mol. The number of nitrogens with zero attached hydrogens (tertiary/aromatic N) is 2. The maximum absolute atomic E-state index is 13.3. The molecule has 2 aromatic carbocycles. The first kappa shape index (κ1) is 21.8. The largest absolute Gasteiger partial charge is 0.335 e. The zero-order valence-corrected chi connectivity index (χ0v) is 19.8. The summed E-state index contributed by atoms with van der Waals surface area (Å²) < 4.78 is 0. The molecule has 0 radical (unpaired) electrons. The van der Waals surface area contributed by atoms with Crippen LogP contribution in [0.3, 0.4) is 0 Å². The van der Waals surface area contributed by atoms with E-state index in [-0.39, 0.29) is 11.4 Å². The van der Waals surface area contributed by atoms with E-state index in [9.17, 15) is 4.79 Å². The Labute approximate surface area is 196 Å². The molecule has 5 rings (SSSR count). The third kappa shape index (κ3) is 4.40. The number of rotatable bonds is 3. The number of nitrogens with one attached hydrogen (secondary N) is 1. The molecular formula is C27H34ClN3O. The summed E-state index contributed by atoms with van der Waals surface area (Å²) in [7, 11) is 0. The topological polar surface area (TPSA) is 35.6 Å². The number of carbonyl (C=O) groups is 1. The second-order valence-electron chi connectivity index (χ2n) is 10.1. The quantitative estimate of drug-likeness (QED) is 0.617. The fraction of sp³-hybridized carbons (Fsp3) is 0.519. The van der Waals surface area contributed by atoms with Crippen LogP contribution in [0.15, 0.2) is 42.5 Å². The molecule has 1 N–H and O–H groups in total. The summed E-state index contributed by atoms with van der Waals surface area (Å²) >= 11 is 6.19. The van der Waals surface area contributed by atoms with E-state index in [1.807, 2.05) is 17.0 Å². The van der Waals surface area contributed by atoms with Crippen LogP contribution in [0, 0.1) is 6.92 Å². The first-order valence-corrected chi connectivity index (χ1v) is 12.6. The van der Waals surface area contributed by atoms with E-state index in [0.29, 0.717) is 6.04 Å². The summed E-state index contributed by atoms with van der Waals surface area (Å²) in [5.41, 5.74) is 5.10. The van der Waals surface area contributed by atoms with Gasteiger partial charge in [0.25, 0.3) is 0 Å². The van der Waals surface area contributed by atoms with Crippen LogP contribution >= 0.6 is 11.6 Å². The molecule has 3 aliphatic rings. The lowest BCUT2D eigenvalue weighted by molar-refractivity contribution is 0.159. The van der Waals surface area contributed by atoms with E-state index in [1.54, 1.807) is 0 Å². The molecule has 4 nitrogen and oxygen atoms in total. The van der Waals surface area contributed by atoms with Crippen molar-refractivity contribution >= 4 is 23.3 Å². The van der Waals surface area contributed by atoms with Gasteiger partial charge in [-0.15, -0.1) is 0 Å². The van der Waals surface area contributed by atoms with Crippen molar-refractivity contribution in [3.63, 3.8) is 0 Å². The molecule has 2 heterocycles. The fourth-order valence-corrected chi connectivity index (χ4v) is 6.14. The molecule has 1 saturated carbocycles. The number of hydrogen-bond donors (Lipinski definition) is 1. The standard InChI is InChI=1S/C27H34ClN3O/c1-20-10-11-25-24(16-20)27(19-31(25)26(32)29-23-8-3-2-4-9-23)12-14-30(15-13-27)18-21-6-5-7-22(28)17-21/h5-7,10-11,16-17,23H,2-4,8-9,12-15,18-19H2,1H3,(H,29,32). The van der Waals surface area contributed by atoms with Gasteiger partial charge in [-0.25, -0.2) is 4.79 Å². The van der Waals surface area contributed by atoms with Crippen LogP contribution in [-0.4, -0.2) is 36.6 Å². The predicted octanol–water partition coefficient (Wildman–Crippen LogP) is 6.04. The minimum Gasteiger partial charge on any atom is -0.335 e. The number of aryl methyl sites for hydroxylation is 1. The summed E-state index contributed by atoms with van der Waals surface area (Å²) in [6.45, 7) is 5.97. The lowest BCUT2D eigenvalue weighted by Crippen LogP contribution is -2.49. The molecule has 2 aliphatic heterocycles. The van der Waals surface area contributed by atoms with Gasteiger partial charge in [0.1, 0.15) is 0 Å². The zero-order chi connectivity index (χ0) is 22.1. The highest BCUT2D eigenvalue weighted by Gasteiger charge is 2.46. The number of hydrogen-bond acceptors (Lipinski definition) is 2. The number of carbonyl (C=O) groups excluding carboxylic acids is 1. The summed E-state index contributed by atoms with van der Waals surface area (Å²) in [6.07, 6.45) is 8.15. The van der Waals surface area contributed by atoms with Crippen LogP contribution in [0.1, 0.15) is 61.6 Å². The number of fused-ring (bicyclic) bond motifs is 2. The molecular weight excluding hydrogens is 418 g/mol. The molecule has 5 heteroatoms. The van der Waals surface area contributed by atoms with Gasteiger partial charge in [0, 0.05) is 35.3 Å². The molecule has 1 aliphatic carbocycles. The van der Waals surface area contributed by atoms with Gasteiger partial charge in [-0.05, 0) is 75.0 Å². The Morgan fingerprint density at radius 1 is 1.09 bits per heavy atom. The highest BCUT2D eigenvalue weighted by Crippen LogP contribution is 2.47. The molecule has 0 aromatic heterocycles. The van der Waals surface area contributed by atoms with Gasteiger partial charge in [-0.3, -0.25) is 9.80 Å². The average Bonchev–Trinajstić information content (AvgIpc) is 3.10. The molecule has 0 atom stereocenters. The maximum Gasteiger partial charge on any atom is 0.322 e. The number of anilines is 1. The molecule has 0 bridgehead atoms. The van der Waals surface area contributed by atoms with E-state index in [1.165, 1.54) is 36.0 Å². The van der Waals surface area contributed by atoms with Crippen LogP contribution in [0.5, 0.6) is 0 Å². The summed E-state index contributed by atoms with van der Waals surface area (Å²) in [4.78, 5) is 17.9. The summed E-state index contributed by atoms with van der Waals surface area (Å²) in [5.74, 6) is 0. The molecule has 1 spiro atoms. The van der Waals surface area contributed by atoms with E-state index < -0.39 is 0 Å². The monoisotopic (exact) mass is 451 g/mol. The third-order valence-corrected chi connectivity index (χ3v) is 8.00. The molecule has 170 valence electrons. The van der Waals surface area contributed by atoms with Gasteiger partial charge in [-0.1, -0.05) is 60.7 Å². The number of amides is 2. The van der Waals surface area contributed by atoms with Crippen LogP contribution in [0.2, 0.25) is 5.02 Å². The highest BCUT2D eigenvalue weighted by atomic mass is 35.5. The van der Waals surface area contributed by atoms with Crippen molar-refractivity contribution in [1.82, 2.24) is 10.2 Å². The van der Waals surface area contributed by atoms with Crippen molar-refractivity contribution in [1.29, 1.82) is 0 Å². The smallest absolute Gasteiger partial charge is 0.322 e. The average molecular weight is 452 g/mol. The Hall–Kier alpha value is -2.04. The van der Waals surface area contributed by atoms with Crippen LogP contribution < -0.4 is 10.2 Å². The van der Waals surface area contributed by atoms with Gasteiger partial charge in [0.15, 0.2) is 0 Å². The minimum absolute atomic E-state index is 0.0656. The van der Waals surface area contributed by atoms with Crippen molar-refractivity contribution in [2.45, 2.75) is 69.9 Å². The van der Waals surface area contributed by atoms with Crippen molar-refractivity contribution in [2.75, 3.05) is 24.5 Å². The molecule has 0 unspecified atom stereocenters. The van der Waals surface area contributed by atoms with Gasteiger partial charge in [0.05, 0.1) is 0 Å². The Morgan fingerprint density at radius 3 is 2.62 bits per heavy atom. The van der Waals surface area contributed by atoms with E-state index in [2.05, 4.69) is 47.5 Å². The van der Waals surface area contributed by atoms with Crippen molar-refractivity contribution in [3.8, 4) is 0 Å². The van der Waals surface area contributed by atoms with Gasteiger partial charge >= 0.3 is 6.03 Å². The first-order chi connectivity index (χ1) is 15.5. The maximum atomic E-state index is 13.3. The molecule has 2 aromatic rings. The lowest BCUT2D eigenvalue weighted by Gasteiger charge is -2.40. The van der Waals surface area contributed by atoms with Crippen LogP contribution in [-0.2, 0) is 12.0 Å². The van der Waals surface area contributed by atoms with Gasteiger partial charge in [0.2, 0.25) is 0 Å². The Morgan fingerprint density at radius 2 is 1.88 bits per heavy atom. The van der Waals surface area contributed by atoms with E-state index in [4.69, 9.17) is 11.6 Å². The Bertz CT molecular complexity index is 977. The normalized spacial score (nSPS) is 21.0. The van der Waals surface area contributed by atoms with E-state index >= 15 is 0 Å². The van der Waals surface area contributed by atoms with Crippen molar-refractivity contribution < 1.29 is 4.79 Å². The summed E-state index contributed by atoms with van der Waals surface area (Å²) in [5, 5.41) is 4.15. The molecule has 2 fully saturated rings.